The van der Waals surface area contributed by atoms with Gasteiger partial charge in [0.2, 0.25) is 5.91 Å². The third kappa shape index (κ3) is 2.92. The second kappa shape index (κ2) is 6.55. The number of urea groups is 1. The lowest BCUT2D eigenvalue weighted by Crippen LogP contribution is -2.54. The van der Waals surface area contributed by atoms with Crippen molar-refractivity contribution in [3.8, 4) is 0 Å². The number of nitrogens with one attached hydrogen (secondary N) is 1. The van der Waals surface area contributed by atoms with Crippen LogP contribution in [0.25, 0.3) is 0 Å². The van der Waals surface area contributed by atoms with E-state index in [1.165, 1.54) is 0 Å². The molecule has 4 amide bonds. The Morgan fingerprint density at radius 1 is 1.46 bits per heavy atom. The number of carbonyl (C=O) groups is 3. The number of nitrogens with zero attached hydrogens (tertiary/aromatic N) is 2. The van der Waals surface area contributed by atoms with Gasteiger partial charge in [0.15, 0.2) is 0 Å². The van der Waals surface area contributed by atoms with Crippen LogP contribution in [0.2, 0.25) is 0 Å². The Balaban J connectivity index is 1.67. The molecule has 2 heterocycles. The Hall–Kier alpha value is -1.89. The fourth-order valence-electron chi connectivity index (χ4n) is 3.62. The van der Waals surface area contributed by atoms with Gasteiger partial charge in [0.1, 0.15) is 12.1 Å². The summed E-state index contributed by atoms with van der Waals surface area (Å²) in [6.07, 6.45) is 3.59. The maximum atomic E-state index is 12.9. The normalized spacial score (nSPS) is 26.8. The lowest BCUT2D eigenvalue weighted by molar-refractivity contribution is -0.140. The summed E-state index contributed by atoms with van der Waals surface area (Å²) in [4.78, 5) is 41.3. The second-order valence-electron chi connectivity index (χ2n) is 6.77. The van der Waals surface area contributed by atoms with E-state index in [4.69, 9.17) is 0 Å². The predicted octanol–water partition coefficient (Wildman–Crippen LogP) is 2.21. The number of rotatable bonds is 4. The van der Waals surface area contributed by atoms with E-state index in [1.54, 1.807) is 23.3 Å². The molecule has 1 saturated carbocycles. The number of hydrogen-bond acceptors (Lipinski definition) is 4. The molecule has 1 saturated heterocycles. The first-order valence-corrected chi connectivity index (χ1v) is 9.22. The van der Waals surface area contributed by atoms with Gasteiger partial charge in [-0.3, -0.25) is 14.5 Å². The highest BCUT2D eigenvalue weighted by Gasteiger charge is 2.55. The van der Waals surface area contributed by atoms with Crippen LogP contribution in [0.15, 0.2) is 17.5 Å². The molecule has 1 spiro atoms. The molecule has 24 heavy (non-hydrogen) atoms. The summed E-state index contributed by atoms with van der Waals surface area (Å²) in [6, 6.07) is 3.46. The highest BCUT2D eigenvalue weighted by atomic mass is 32.1. The standard InChI is InChI=1S/C17H23N3O3S/c1-12-6-3-4-8-17(12)15(22)20(16(23)18-17)11-14(21)19(2)10-13-7-5-9-24-13/h5,7,9,12H,3-4,6,8,10-11H2,1-2H3,(H,18,23)/t12-,17+/m0/s1. The molecule has 1 aromatic rings. The first kappa shape index (κ1) is 17.0. The number of likely N-dealkylation sites (N-methyl/N-ethyl adjacent to an activating group) is 1. The third-order valence-electron chi connectivity index (χ3n) is 5.19. The average molecular weight is 349 g/mol. The smallest absolute Gasteiger partial charge is 0.325 e. The van der Waals surface area contributed by atoms with Crippen molar-refractivity contribution < 1.29 is 14.4 Å². The number of hydrogen-bond donors (Lipinski definition) is 1. The zero-order valence-corrected chi connectivity index (χ0v) is 14.9. The van der Waals surface area contributed by atoms with E-state index in [-0.39, 0.29) is 24.3 Å². The van der Waals surface area contributed by atoms with Crippen LogP contribution in [0.1, 0.15) is 37.5 Å². The van der Waals surface area contributed by atoms with Crippen molar-refractivity contribution in [1.82, 2.24) is 15.1 Å². The summed E-state index contributed by atoms with van der Waals surface area (Å²) in [5.74, 6) is -0.364. The van der Waals surface area contributed by atoms with Crippen LogP contribution in [0.4, 0.5) is 4.79 Å². The van der Waals surface area contributed by atoms with Crippen molar-refractivity contribution in [3.63, 3.8) is 0 Å². The molecule has 3 rings (SSSR count). The second-order valence-corrected chi connectivity index (χ2v) is 7.80. The van der Waals surface area contributed by atoms with Crippen LogP contribution in [-0.4, -0.2) is 46.8 Å². The zero-order valence-electron chi connectivity index (χ0n) is 14.1. The average Bonchev–Trinajstić information content (AvgIpc) is 3.13. The third-order valence-corrected chi connectivity index (χ3v) is 6.05. The molecule has 130 valence electrons. The SMILES string of the molecule is C[C@H]1CCCC[C@@]12NC(=O)N(CC(=O)N(C)Cc1cccs1)C2=O. The van der Waals surface area contributed by atoms with E-state index in [2.05, 4.69) is 5.32 Å². The van der Waals surface area contributed by atoms with Gasteiger partial charge in [-0.25, -0.2) is 4.79 Å². The van der Waals surface area contributed by atoms with E-state index in [0.717, 1.165) is 29.0 Å². The predicted molar refractivity (Wildman–Crippen MR) is 91.4 cm³/mol. The fraction of sp³-hybridized carbons (Fsp3) is 0.588. The summed E-state index contributed by atoms with van der Waals surface area (Å²) in [6.45, 7) is 2.30. The maximum absolute atomic E-state index is 12.9. The van der Waals surface area contributed by atoms with Crippen LogP contribution in [-0.2, 0) is 16.1 Å². The first-order valence-electron chi connectivity index (χ1n) is 8.34. The van der Waals surface area contributed by atoms with E-state index in [0.29, 0.717) is 13.0 Å². The van der Waals surface area contributed by atoms with Crippen LogP contribution in [0.5, 0.6) is 0 Å². The number of thiophene rings is 1. The lowest BCUT2D eigenvalue weighted by Gasteiger charge is -2.36. The highest BCUT2D eigenvalue weighted by Crippen LogP contribution is 2.38. The van der Waals surface area contributed by atoms with E-state index in [9.17, 15) is 14.4 Å². The van der Waals surface area contributed by atoms with Crippen molar-refractivity contribution in [1.29, 1.82) is 0 Å². The molecule has 6 nitrogen and oxygen atoms in total. The molecule has 0 unspecified atom stereocenters. The summed E-state index contributed by atoms with van der Waals surface area (Å²) >= 11 is 1.58. The Morgan fingerprint density at radius 2 is 2.25 bits per heavy atom. The Morgan fingerprint density at radius 3 is 2.92 bits per heavy atom. The molecule has 2 fully saturated rings. The molecule has 7 heteroatoms. The van der Waals surface area contributed by atoms with Crippen molar-refractivity contribution >= 4 is 29.2 Å². The quantitative estimate of drug-likeness (QED) is 0.847. The summed E-state index contributed by atoms with van der Waals surface area (Å²) in [7, 11) is 1.69. The van der Waals surface area contributed by atoms with Gasteiger partial charge in [0, 0.05) is 11.9 Å². The number of amides is 4. The minimum Gasteiger partial charge on any atom is -0.339 e. The monoisotopic (exact) mass is 349 g/mol. The van der Waals surface area contributed by atoms with Gasteiger partial charge in [-0.2, -0.15) is 0 Å². The van der Waals surface area contributed by atoms with E-state index in [1.807, 2.05) is 24.4 Å². The molecule has 2 aliphatic rings. The van der Waals surface area contributed by atoms with E-state index < -0.39 is 11.6 Å². The van der Waals surface area contributed by atoms with Gasteiger partial charge in [-0.1, -0.05) is 25.8 Å². The fourth-order valence-corrected chi connectivity index (χ4v) is 4.38. The van der Waals surface area contributed by atoms with Crippen LogP contribution in [0, 0.1) is 5.92 Å². The van der Waals surface area contributed by atoms with Gasteiger partial charge in [-0.15, -0.1) is 11.3 Å². The molecule has 0 radical (unpaired) electrons. The number of imide groups is 1. The molecule has 1 aliphatic heterocycles. The van der Waals surface area contributed by atoms with Crippen molar-refractivity contribution in [2.75, 3.05) is 13.6 Å². The molecule has 1 N–H and O–H groups in total. The van der Waals surface area contributed by atoms with Gasteiger partial charge >= 0.3 is 6.03 Å². The van der Waals surface area contributed by atoms with Crippen molar-refractivity contribution in [2.45, 2.75) is 44.7 Å². The van der Waals surface area contributed by atoms with Crippen LogP contribution in [0.3, 0.4) is 0 Å². The minimum atomic E-state index is -0.804. The topological polar surface area (TPSA) is 69.7 Å². The van der Waals surface area contributed by atoms with E-state index >= 15 is 0 Å². The molecule has 0 bridgehead atoms. The molecule has 1 aromatic heterocycles. The molecule has 0 aromatic carbocycles. The largest absolute Gasteiger partial charge is 0.339 e. The van der Waals surface area contributed by atoms with Gasteiger partial charge < -0.3 is 10.2 Å². The molecule has 2 atom stereocenters. The van der Waals surface area contributed by atoms with Crippen molar-refractivity contribution in [2.24, 2.45) is 5.92 Å². The van der Waals surface area contributed by atoms with Gasteiger partial charge in [-0.05, 0) is 30.2 Å². The summed E-state index contributed by atoms with van der Waals surface area (Å²) in [5.41, 5.74) is -0.804. The van der Waals surface area contributed by atoms with Gasteiger partial charge in [0.05, 0.1) is 6.54 Å². The first-order chi connectivity index (χ1) is 11.4. The summed E-state index contributed by atoms with van der Waals surface area (Å²) < 4.78 is 0. The molecular weight excluding hydrogens is 326 g/mol. The molecule has 1 aliphatic carbocycles. The van der Waals surface area contributed by atoms with Crippen LogP contribution >= 0.6 is 11.3 Å². The Kier molecular flexibility index (Phi) is 4.62. The summed E-state index contributed by atoms with van der Waals surface area (Å²) in [5, 5.41) is 4.84. The van der Waals surface area contributed by atoms with Crippen LogP contribution < -0.4 is 5.32 Å². The maximum Gasteiger partial charge on any atom is 0.325 e. The van der Waals surface area contributed by atoms with Crippen molar-refractivity contribution in [3.05, 3.63) is 22.4 Å². The molecular formula is C17H23N3O3S. The lowest BCUT2D eigenvalue weighted by atomic mass is 9.73. The zero-order chi connectivity index (χ0) is 17.3. The Bertz CT molecular complexity index is 646. The van der Waals surface area contributed by atoms with Gasteiger partial charge in [0.25, 0.3) is 5.91 Å². The minimum absolute atomic E-state index is 0.103. The number of carbonyl (C=O) groups excluding carboxylic acids is 3. The highest BCUT2D eigenvalue weighted by molar-refractivity contribution is 7.09. The Labute approximate surface area is 145 Å².